The van der Waals surface area contributed by atoms with E-state index in [2.05, 4.69) is 0 Å². The summed E-state index contributed by atoms with van der Waals surface area (Å²) in [5.41, 5.74) is -0.0957. The van der Waals surface area contributed by atoms with Gasteiger partial charge in [0.25, 0.3) is 0 Å². The summed E-state index contributed by atoms with van der Waals surface area (Å²) in [6.07, 6.45) is -2.83. The number of rotatable bonds is 4. The number of hydrogen-bond donors (Lipinski definition) is 1. The molecule has 3 nitrogen and oxygen atoms in total. The van der Waals surface area contributed by atoms with Crippen LogP contribution in [0.25, 0.3) is 0 Å². The summed E-state index contributed by atoms with van der Waals surface area (Å²) < 4.78 is 38.0. The van der Waals surface area contributed by atoms with Gasteiger partial charge in [-0.15, -0.1) is 0 Å². The van der Waals surface area contributed by atoms with Gasteiger partial charge < -0.3 is 10.0 Å². The number of alkyl halides is 3. The molecule has 2 rings (SSSR count). The first-order chi connectivity index (χ1) is 9.36. The summed E-state index contributed by atoms with van der Waals surface area (Å²) in [5.74, 6) is -0.594. The Morgan fingerprint density at radius 2 is 2.15 bits per heavy atom. The van der Waals surface area contributed by atoms with Gasteiger partial charge in [0.2, 0.25) is 0 Å². The van der Waals surface area contributed by atoms with Crippen molar-refractivity contribution in [3.63, 3.8) is 0 Å². The topological polar surface area (TPSA) is 40.5 Å². The molecule has 0 amide bonds. The first kappa shape index (κ1) is 14.7. The van der Waals surface area contributed by atoms with Crippen LogP contribution in [0.3, 0.4) is 0 Å². The maximum atomic E-state index is 12.7. The van der Waals surface area contributed by atoms with Gasteiger partial charge in [0.1, 0.15) is 0 Å². The minimum atomic E-state index is -4.33. The molecule has 1 aromatic carbocycles. The quantitative estimate of drug-likeness (QED) is 0.922. The number of anilines is 1. The van der Waals surface area contributed by atoms with Crippen molar-refractivity contribution in [2.75, 3.05) is 18.0 Å². The molecule has 0 saturated carbocycles. The number of carbonyl (C=O) groups is 1. The third-order valence-electron chi connectivity index (χ3n) is 3.59. The summed E-state index contributed by atoms with van der Waals surface area (Å²) >= 11 is 0. The second-order valence-corrected chi connectivity index (χ2v) is 5.08. The number of hydrogen-bond acceptors (Lipinski definition) is 2. The Morgan fingerprint density at radius 3 is 2.80 bits per heavy atom. The second kappa shape index (κ2) is 5.73. The van der Waals surface area contributed by atoms with Crippen LogP contribution in [0.4, 0.5) is 18.9 Å². The molecule has 1 aliphatic heterocycles. The third-order valence-corrected chi connectivity index (χ3v) is 3.59. The Labute approximate surface area is 115 Å². The Balaban J connectivity index is 2.01. The van der Waals surface area contributed by atoms with Crippen LogP contribution < -0.4 is 4.90 Å². The minimum Gasteiger partial charge on any atom is -0.481 e. The van der Waals surface area contributed by atoms with Crippen LogP contribution in [-0.2, 0) is 11.0 Å². The zero-order valence-corrected chi connectivity index (χ0v) is 10.9. The van der Waals surface area contributed by atoms with E-state index in [9.17, 15) is 18.0 Å². The van der Waals surface area contributed by atoms with Crippen LogP contribution in [0.5, 0.6) is 0 Å². The molecule has 1 saturated heterocycles. The van der Waals surface area contributed by atoms with Crippen molar-refractivity contribution in [1.82, 2.24) is 0 Å². The van der Waals surface area contributed by atoms with Crippen LogP contribution in [0.2, 0.25) is 0 Å². The van der Waals surface area contributed by atoms with Crippen molar-refractivity contribution < 1.29 is 23.1 Å². The fraction of sp³-hybridized carbons (Fsp3) is 0.500. The highest BCUT2D eigenvalue weighted by Crippen LogP contribution is 2.33. The van der Waals surface area contributed by atoms with E-state index in [4.69, 9.17) is 5.11 Å². The molecule has 1 aliphatic rings. The minimum absolute atomic E-state index is 0.112. The Kier molecular flexibility index (Phi) is 4.20. The third kappa shape index (κ3) is 3.65. The average Bonchev–Trinajstić information content (AvgIpc) is 2.84. The van der Waals surface area contributed by atoms with Crippen LogP contribution in [0, 0.1) is 5.92 Å². The standard InChI is InChI=1S/C14H16F3NO2/c15-14(16,17)11-2-1-3-12(8-11)18-7-6-10(9-18)4-5-13(19)20/h1-3,8,10H,4-7,9H2,(H,19,20). The molecule has 1 heterocycles. The molecule has 1 atom stereocenters. The summed E-state index contributed by atoms with van der Waals surface area (Å²) in [6.45, 7) is 1.29. The van der Waals surface area contributed by atoms with Crippen molar-refractivity contribution in [3.05, 3.63) is 29.8 Å². The molecule has 0 aromatic heterocycles. The maximum Gasteiger partial charge on any atom is 0.416 e. The van der Waals surface area contributed by atoms with Crippen molar-refractivity contribution in [2.45, 2.75) is 25.4 Å². The van der Waals surface area contributed by atoms with Crippen LogP contribution in [0.15, 0.2) is 24.3 Å². The molecular formula is C14H16F3NO2. The molecule has 0 spiro atoms. The number of halogens is 3. The Morgan fingerprint density at radius 1 is 1.40 bits per heavy atom. The van der Waals surface area contributed by atoms with Gasteiger partial charge in [0.15, 0.2) is 0 Å². The van der Waals surface area contributed by atoms with E-state index in [0.29, 0.717) is 25.2 Å². The smallest absolute Gasteiger partial charge is 0.416 e. The average molecular weight is 287 g/mol. The Hall–Kier alpha value is -1.72. The number of nitrogens with zero attached hydrogens (tertiary/aromatic N) is 1. The zero-order valence-electron chi connectivity index (χ0n) is 10.9. The highest BCUT2D eigenvalue weighted by Gasteiger charge is 2.31. The van der Waals surface area contributed by atoms with E-state index < -0.39 is 17.7 Å². The molecular weight excluding hydrogens is 271 g/mol. The van der Waals surface area contributed by atoms with Crippen molar-refractivity contribution >= 4 is 11.7 Å². The fourth-order valence-electron chi connectivity index (χ4n) is 2.51. The normalized spacial score (nSPS) is 19.4. The lowest BCUT2D eigenvalue weighted by molar-refractivity contribution is -0.138. The monoisotopic (exact) mass is 287 g/mol. The van der Waals surface area contributed by atoms with E-state index in [-0.39, 0.29) is 12.3 Å². The molecule has 1 unspecified atom stereocenters. The summed E-state index contributed by atoms with van der Waals surface area (Å²) in [7, 11) is 0. The van der Waals surface area contributed by atoms with Gasteiger partial charge in [0.05, 0.1) is 5.56 Å². The second-order valence-electron chi connectivity index (χ2n) is 5.08. The molecule has 110 valence electrons. The van der Waals surface area contributed by atoms with Gasteiger partial charge in [-0.05, 0) is 37.0 Å². The molecule has 0 bridgehead atoms. The van der Waals surface area contributed by atoms with Gasteiger partial charge in [0, 0.05) is 25.2 Å². The fourth-order valence-corrected chi connectivity index (χ4v) is 2.51. The zero-order chi connectivity index (χ0) is 14.8. The number of benzene rings is 1. The van der Waals surface area contributed by atoms with Gasteiger partial charge in [-0.25, -0.2) is 0 Å². The van der Waals surface area contributed by atoms with Gasteiger partial charge in [-0.2, -0.15) is 13.2 Å². The molecule has 0 aliphatic carbocycles. The number of carboxylic acids is 1. The lowest BCUT2D eigenvalue weighted by atomic mass is 10.0. The molecule has 6 heteroatoms. The number of carboxylic acid groups (broad SMARTS) is 1. The first-order valence-electron chi connectivity index (χ1n) is 6.50. The molecule has 1 fully saturated rings. The van der Waals surface area contributed by atoms with Gasteiger partial charge >= 0.3 is 12.1 Å². The van der Waals surface area contributed by atoms with E-state index in [1.807, 2.05) is 4.90 Å². The summed E-state index contributed by atoms with van der Waals surface area (Å²) in [5, 5.41) is 8.64. The lowest BCUT2D eigenvalue weighted by Gasteiger charge is -2.20. The maximum absolute atomic E-state index is 12.7. The first-order valence-corrected chi connectivity index (χ1v) is 6.50. The molecule has 1 N–H and O–H groups in total. The van der Waals surface area contributed by atoms with Crippen molar-refractivity contribution in [2.24, 2.45) is 5.92 Å². The number of aliphatic carboxylic acids is 1. The van der Waals surface area contributed by atoms with E-state index in [1.54, 1.807) is 6.07 Å². The SMILES string of the molecule is O=C(O)CCC1CCN(c2cccc(C(F)(F)F)c2)C1. The molecule has 20 heavy (non-hydrogen) atoms. The summed E-state index contributed by atoms with van der Waals surface area (Å²) in [6, 6.07) is 5.28. The van der Waals surface area contributed by atoms with E-state index in [1.165, 1.54) is 6.07 Å². The van der Waals surface area contributed by atoms with Crippen LogP contribution in [-0.4, -0.2) is 24.2 Å². The van der Waals surface area contributed by atoms with Crippen LogP contribution in [0.1, 0.15) is 24.8 Å². The van der Waals surface area contributed by atoms with E-state index >= 15 is 0 Å². The predicted molar refractivity (Wildman–Crippen MR) is 68.6 cm³/mol. The predicted octanol–water partition coefficient (Wildman–Crippen LogP) is 3.40. The largest absolute Gasteiger partial charge is 0.481 e. The van der Waals surface area contributed by atoms with E-state index in [0.717, 1.165) is 18.6 Å². The molecule has 0 radical (unpaired) electrons. The Bertz CT molecular complexity index is 488. The van der Waals surface area contributed by atoms with Gasteiger partial charge in [-0.1, -0.05) is 6.07 Å². The van der Waals surface area contributed by atoms with Crippen molar-refractivity contribution in [3.8, 4) is 0 Å². The van der Waals surface area contributed by atoms with Crippen LogP contribution >= 0.6 is 0 Å². The van der Waals surface area contributed by atoms with Gasteiger partial charge in [-0.3, -0.25) is 4.79 Å². The van der Waals surface area contributed by atoms with Crippen molar-refractivity contribution in [1.29, 1.82) is 0 Å². The lowest BCUT2D eigenvalue weighted by Crippen LogP contribution is -2.20. The highest BCUT2D eigenvalue weighted by molar-refractivity contribution is 5.66. The molecule has 1 aromatic rings. The highest BCUT2D eigenvalue weighted by atomic mass is 19.4. The summed E-state index contributed by atoms with van der Waals surface area (Å²) in [4.78, 5) is 12.4.